The predicted molar refractivity (Wildman–Crippen MR) is 87.7 cm³/mol. The SMILES string of the molecule is O=C(NO)c1cc(F)c2c(c1)CCN(C1CC3(C1)CN(CC(F)(F)F)C3)C2. The van der Waals surface area contributed by atoms with Gasteiger partial charge in [-0.25, -0.2) is 9.87 Å². The summed E-state index contributed by atoms with van der Waals surface area (Å²) >= 11 is 0. The third-order valence-corrected chi connectivity index (χ3v) is 6.06. The number of nitrogens with one attached hydrogen (secondary N) is 1. The number of likely N-dealkylation sites (tertiary alicyclic amines) is 1. The van der Waals surface area contributed by atoms with Crippen molar-refractivity contribution >= 4 is 5.91 Å². The van der Waals surface area contributed by atoms with Gasteiger partial charge < -0.3 is 0 Å². The molecule has 1 amide bonds. The molecule has 27 heavy (non-hydrogen) atoms. The first-order chi connectivity index (χ1) is 12.7. The van der Waals surface area contributed by atoms with E-state index < -0.39 is 24.4 Å². The van der Waals surface area contributed by atoms with Crippen LogP contribution < -0.4 is 5.48 Å². The number of halogens is 4. The number of hydrogen-bond donors (Lipinski definition) is 2. The molecule has 1 aliphatic carbocycles. The minimum Gasteiger partial charge on any atom is -0.296 e. The molecule has 1 aromatic carbocycles. The lowest BCUT2D eigenvalue weighted by molar-refractivity contribution is -0.188. The maximum atomic E-state index is 14.4. The molecule has 2 aliphatic heterocycles. The Balaban J connectivity index is 1.35. The van der Waals surface area contributed by atoms with Crippen molar-refractivity contribution in [2.45, 2.75) is 38.0 Å². The summed E-state index contributed by atoms with van der Waals surface area (Å²) < 4.78 is 51.7. The van der Waals surface area contributed by atoms with Crippen LogP contribution in [-0.2, 0) is 13.0 Å². The van der Waals surface area contributed by atoms with E-state index in [-0.39, 0.29) is 17.0 Å². The summed E-state index contributed by atoms with van der Waals surface area (Å²) in [6.45, 7) is 1.30. The molecule has 4 rings (SSSR count). The van der Waals surface area contributed by atoms with Gasteiger partial charge in [0.2, 0.25) is 0 Å². The van der Waals surface area contributed by atoms with Crippen molar-refractivity contribution in [1.82, 2.24) is 15.3 Å². The highest BCUT2D eigenvalue weighted by Crippen LogP contribution is 2.51. The molecule has 2 heterocycles. The lowest BCUT2D eigenvalue weighted by atomic mass is 9.60. The average molecular weight is 387 g/mol. The first kappa shape index (κ1) is 18.6. The molecule has 3 aliphatic rings. The number of hydrogen-bond acceptors (Lipinski definition) is 4. The van der Waals surface area contributed by atoms with Gasteiger partial charge in [-0.15, -0.1) is 0 Å². The Morgan fingerprint density at radius 2 is 2.00 bits per heavy atom. The maximum Gasteiger partial charge on any atom is 0.401 e. The zero-order chi connectivity index (χ0) is 19.4. The Kier molecular flexibility index (Phi) is 4.44. The Hall–Kier alpha value is -1.71. The lowest BCUT2D eigenvalue weighted by Gasteiger charge is -2.61. The molecule has 9 heteroatoms. The van der Waals surface area contributed by atoms with Crippen LogP contribution in [0.15, 0.2) is 12.1 Å². The summed E-state index contributed by atoms with van der Waals surface area (Å²) in [5, 5.41) is 8.70. The first-order valence-corrected chi connectivity index (χ1v) is 8.97. The Morgan fingerprint density at radius 1 is 1.30 bits per heavy atom. The predicted octanol–water partition coefficient (Wildman–Crippen LogP) is 2.33. The third kappa shape index (κ3) is 3.55. The van der Waals surface area contributed by atoms with Gasteiger partial charge in [0, 0.05) is 43.3 Å². The van der Waals surface area contributed by atoms with Crippen LogP contribution >= 0.6 is 0 Å². The van der Waals surface area contributed by atoms with Gasteiger partial charge in [0.1, 0.15) is 5.82 Å². The molecule has 2 N–H and O–H groups in total. The third-order valence-electron chi connectivity index (χ3n) is 6.06. The highest BCUT2D eigenvalue weighted by atomic mass is 19.4. The smallest absolute Gasteiger partial charge is 0.296 e. The average Bonchev–Trinajstić information content (AvgIpc) is 2.53. The zero-order valence-corrected chi connectivity index (χ0v) is 14.7. The van der Waals surface area contributed by atoms with Gasteiger partial charge in [-0.05, 0) is 42.4 Å². The van der Waals surface area contributed by atoms with E-state index >= 15 is 0 Å². The van der Waals surface area contributed by atoms with Gasteiger partial charge in [-0.1, -0.05) is 0 Å². The monoisotopic (exact) mass is 387 g/mol. The summed E-state index contributed by atoms with van der Waals surface area (Å²) in [6, 6.07) is 2.99. The topological polar surface area (TPSA) is 55.8 Å². The van der Waals surface area contributed by atoms with Crippen LogP contribution in [0.3, 0.4) is 0 Å². The Morgan fingerprint density at radius 3 is 2.63 bits per heavy atom. The van der Waals surface area contributed by atoms with E-state index in [1.165, 1.54) is 10.4 Å². The second-order valence-electron chi connectivity index (χ2n) is 8.08. The minimum atomic E-state index is -4.15. The molecule has 1 aromatic rings. The Bertz CT molecular complexity index is 754. The molecule has 1 spiro atoms. The van der Waals surface area contributed by atoms with Crippen LogP contribution in [0.1, 0.15) is 34.3 Å². The molecule has 5 nitrogen and oxygen atoms in total. The summed E-state index contributed by atoms with van der Waals surface area (Å²) in [4.78, 5) is 15.1. The summed E-state index contributed by atoms with van der Waals surface area (Å²) in [7, 11) is 0. The molecule has 148 valence electrons. The molecule has 1 saturated heterocycles. The van der Waals surface area contributed by atoms with Crippen molar-refractivity contribution in [3.8, 4) is 0 Å². The largest absolute Gasteiger partial charge is 0.401 e. The zero-order valence-electron chi connectivity index (χ0n) is 14.7. The molecular formula is C18H21F4N3O2. The van der Waals surface area contributed by atoms with E-state index in [0.717, 1.165) is 31.0 Å². The van der Waals surface area contributed by atoms with Crippen molar-refractivity contribution in [1.29, 1.82) is 0 Å². The highest BCUT2D eigenvalue weighted by Gasteiger charge is 2.55. The van der Waals surface area contributed by atoms with Crippen molar-refractivity contribution in [3.63, 3.8) is 0 Å². The molecule has 0 radical (unpaired) electrons. The standard InChI is InChI=1S/C18H21F4N3O2/c19-15-4-12(16(26)23-27)3-11-1-2-25(7-14(11)15)13-5-17(6-13)8-24(9-17)10-18(20,21)22/h3-4,13,27H,1-2,5-10H2,(H,23,26). The van der Waals surface area contributed by atoms with Crippen molar-refractivity contribution < 1.29 is 27.6 Å². The van der Waals surface area contributed by atoms with Crippen LogP contribution in [0.2, 0.25) is 0 Å². The van der Waals surface area contributed by atoms with Crippen LogP contribution in [0, 0.1) is 11.2 Å². The maximum absolute atomic E-state index is 14.4. The summed E-state index contributed by atoms with van der Waals surface area (Å²) in [5.74, 6) is -1.21. The van der Waals surface area contributed by atoms with Crippen LogP contribution in [0.4, 0.5) is 17.6 Å². The number of fused-ring (bicyclic) bond motifs is 1. The number of carbonyl (C=O) groups is 1. The number of carbonyl (C=O) groups excluding carboxylic acids is 1. The number of hydroxylamine groups is 1. The summed E-state index contributed by atoms with van der Waals surface area (Å²) in [6.07, 6.45) is -1.85. The highest BCUT2D eigenvalue weighted by molar-refractivity contribution is 5.93. The molecule has 0 aromatic heterocycles. The van der Waals surface area contributed by atoms with Gasteiger partial charge in [-0.2, -0.15) is 13.2 Å². The van der Waals surface area contributed by atoms with Crippen LogP contribution in [0.25, 0.3) is 0 Å². The normalized spacial score (nSPS) is 22.9. The second kappa shape index (κ2) is 6.42. The van der Waals surface area contributed by atoms with Gasteiger partial charge in [0.25, 0.3) is 5.91 Å². The molecule has 0 atom stereocenters. The fraction of sp³-hybridized carbons (Fsp3) is 0.611. The van der Waals surface area contributed by atoms with Crippen molar-refractivity contribution in [2.24, 2.45) is 5.41 Å². The number of rotatable bonds is 3. The van der Waals surface area contributed by atoms with Gasteiger partial charge in [0.05, 0.1) is 6.54 Å². The summed E-state index contributed by atoms with van der Waals surface area (Å²) in [5.41, 5.74) is 2.92. The van der Waals surface area contributed by atoms with E-state index in [1.807, 2.05) is 0 Å². The van der Waals surface area contributed by atoms with Crippen LogP contribution in [0.5, 0.6) is 0 Å². The number of amides is 1. The minimum absolute atomic E-state index is 0.00217. The number of benzene rings is 1. The van der Waals surface area contributed by atoms with Gasteiger partial charge in [0.15, 0.2) is 0 Å². The molecule has 0 bridgehead atoms. The van der Waals surface area contributed by atoms with Crippen LogP contribution in [-0.4, -0.2) is 59.3 Å². The van der Waals surface area contributed by atoms with E-state index in [4.69, 9.17) is 5.21 Å². The van der Waals surface area contributed by atoms with Crippen molar-refractivity contribution in [2.75, 3.05) is 26.2 Å². The first-order valence-electron chi connectivity index (χ1n) is 8.97. The molecule has 2 fully saturated rings. The van der Waals surface area contributed by atoms with E-state index in [9.17, 15) is 22.4 Å². The molecular weight excluding hydrogens is 366 g/mol. The lowest BCUT2D eigenvalue weighted by Crippen LogP contribution is -2.67. The molecule has 1 saturated carbocycles. The fourth-order valence-corrected chi connectivity index (χ4v) is 4.87. The van der Waals surface area contributed by atoms with Gasteiger partial charge >= 0.3 is 6.18 Å². The Labute approximate surface area is 153 Å². The van der Waals surface area contributed by atoms with Crippen molar-refractivity contribution in [3.05, 3.63) is 34.6 Å². The fourth-order valence-electron chi connectivity index (χ4n) is 4.87. The second-order valence-corrected chi connectivity index (χ2v) is 8.08. The van der Waals surface area contributed by atoms with E-state index in [0.29, 0.717) is 31.6 Å². The number of alkyl halides is 3. The molecule has 0 unspecified atom stereocenters. The van der Waals surface area contributed by atoms with Gasteiger partial charge in [-0.3, -0.25) is 19.8 Å². The van der Waals surface area contributed by atoms with E-state index in [2.05, 4.69) is 4.90 Å². The number of nitrogens with zero attached hydrogens (tertiary/aromatic N) is 2. The quantitative estimate of drug-likeness (QED) is 0.475. The van der Waals surface area contributed by atoms with E-state index in [1.54, 1.807) is 6.07 Å².